The van der Waals surface area contributed by atoms with Crippen molar-refractivity contribution in [2.24, 2.45) is 11.8 Å². The van der Waals surface area contributed by atoms with Gasteiger partial charge in [0.1, 0.15) is 6.04 Å². The van der Waals surface area contributed by atoms with Gasteiger partial charge in [-0.2, -0.15) is 0 Å². The Labute approximate surface area is 263 Å². The Kier molecular flexibility index (Phi) is 9.40. The standard InChI is InChI=1S/C34H40ClN3O4S/c1-4-20-36(25-12-8-6-9-13-25)30(40)27-28-31(41)38(22-10-7-11-23-39)29(34(28)19-18-33(27,3)43-34)32(42)37(21-5-2)26-16-14-24(35)15-17-26/h4-6,8-9,12-17,27-29,39H,1-2,7,10-11,18-23H2,3H3/t27-,28-,29?,33+,34?/m0/s1. The zero-order valence-electron chi connectivity index (χ0n) is 24.7. The molecule has 3 saturated heterocycles. The average Bonchev–Trinajstić information content (AvgIpc) is 3.57. The zero-order valence-corrected chi connectivity index (χ0v) is 26.2. The highest BCUT2D eigenvalue weighted by Crippen LogP contribution is 2.71. The van der Waals surface area contributed by atoms with Crippen molar-refractivity contribution in [1.82, 2.24) is 4.90 Å². The van der Waals surface area contributed by atoms with Crippen molar-refractivity contribution >= 4 is 52.5 Å². The summed E-state index contributed by atoms with van der Waals surface area (Å²) in [6, 6.07) is 15.9. The number of hydrogen-bond acceptors (Lipinski definition) is 5. The van der Waals surface area contributed by atoms with E-state index in [1.165, 1.54) is 0 Å². The van der Waals surface area contributed by atoms with E-state index < -0.39 is 27.4 Å². The highest BCUT2D eigenvalue weighted by molar-refractivity contribution is 8.02. The third-order valence-corrected chi connectivity index (χ3v) is 11.4. The first-order valence-electron chi connectivity index (χ1n) is 15.0. The van der Waals surface area contributed by atoms with Crippen molar-refractivity contribution < 1.29 is 19.5 Å². The van der Waals surface area contributed by atoms with Gasteiger partial charge < -0.3 is 19.8 Å². The van der Waals surface area contributed by atoms with Crippen LogP contribution in [0.4, 0.5) is 11.4 Å². The summed E-state index contributed by atoms with van der Waals surface area (Å²) in [7, 11) is 0. The van der Waals surface area contributed by atoms with Crippen LogP contribution in [-0.4, -0.2) is 69.5 Å². The van der Waals surface area contributed by atoms with Crippen molar-refractivity contribution in [3.63, 3.8) is 0 Å². The van der Waals surface area contributed by atoms with Gasteiger partial charge in [-0.05, 0) is 75.4 Å². The molecule has 1 N–H and O–H groups in total. The molecule has 5 atom stereocenters. The highest BCUT2D eigenvalue weighted by Gasteiger charge is 2.77. The van der Waals surface area contributed by atoms with Gasteiger partial charge in [-0.1, -0.05) is 42.0 Å². The lowest BCUT2D eigenvalue weighted by atomic mass is 9.66. The van der Waals surface area contributed by atoms with Crippen LogP contribution >= 0.6 is 23.4 Å². The van der Waals surface area contributed by atoms with Crippen molar-refractivity contribution in [3.8, 4) is 0 Å². The molecule has 1 spiro atoms. The minimum absolute atomic E-state index is 0.0793. The second kappa shape index (κ2) is 12.9. The van der Waals surface area contributed by atoms with E-state index in [0.717, 1.165) is 18.5 Å². The fourth-order valence-corrected chi connectivity index (χ4v) is 9.81. The lowest BCUT2D eigenvalue weighted by Gasteiger charge is -2.38. The predicted molar refractivity (Wildman–Crippen MR) is 174 cm³/mol. The maximum atomic E-state index is 14.7. The number of thioether (sulfide) groups is 1. The van der Waals surface area contributed by atoms with Gasteiger partial charge in [-0.15, -0.1) is 24.9 Å². The number of aliphatic hydroxyl groups is 1. The van der Waals surface area contributed by atoms with Crippen molar-refractivity contribution in [2.45, 2.75) is 54.6 Å². The molecule has 0 saturated carbocycles. The molecule has 5 rings (SSSR count). The molecule has 2 aromatic carbocycles. The smallest absolute Gasteiger partial charge is 0.251 e. The number of rotatable bonds is 13. The largest absolute Gasteiger partial charge is 0.396 e. The molecule has 7 nitrogen and oxygen atoms in total. The molecule has 3 heterocycles. The van der Waals surface area contributed by atoms with Crippen LogP contribution in [0.3, 0.4) is 0 Å². The SMILES string of the molecule is C=CCN(C(=O)C1N(CCCCCO)C(=O)[C@@H]2[C@@H](C(=O)N(CC=C)c3ccccc3)[C@@]3(C)CCC12S3)c1ccc(Cl)cc1. The number of aliphatic hydroxyl groups excluding tert-OH is 1. The zero-order chi connectivity index (χ0) is 30.8. The van der Waals surface area contributed by atoms with Gasteiger partial charge in [0.05, 0.1) is 16.6 Å². The highest BCUT2D eigenvalue weighted by atomic mass is 35.5. The van der Waals surface area contributed by atoms with Crippen molar-refractivity contribution in [2.75, 3.05) is 36.0 Å². The number of para-hydroxylation sites is 1. The summed E-state index contributed by atoms with van der Waals surface area (Å²) in [4.78, 5) is 49.0. The molecule has 2 bridgehead atoms. The van der Waals surface area contributed by atoms with Crippen LogP contribution in [0.15, 0.2) is 79.9 Å². The van der Waals surface area contributed by atoms with Gasteiger partial charge in [0.2, 0.25) is 11.8 Å². The Hall–Kier alpha value is -3.07. The molecule has 3 amide bonds. The van der Waals surface area contributed by atoms with Gasteiger partial charge in [-0.25, -0.2) is 0 Å². The Bertz CT molecular complexity index is 1370. The van der Waals surface area contributed by atoms with E-state index in [1.54, 1.807) is 62.9 Å². The Morgan fingerprint density at radius 2 is 1.60 bits per heavy atom. The maximum absolute atomic E-state index is 14.7. The third-order valence-electron chi connectivity index (χ3n) is 9.20. The second-order valence-corrected chi connectivity index (χ2v) is 14.2. The minimum atomic E-state index is -0.734. The Morgan fingerprint density at radius 3 is 2.23 bits per heavy atom. The van der Waals surface area contributed by atoms with Crippen LogP contribution in [0, 0.1) is 11.8 Å². The van der Waals surface area contributed by atoms with Gasteiger partial charge in [0, 0.05) is 47.4 Å². The molecule has 2 unspecified atom stereocenters. The topological polar surface area (TPSA) is 81.2 Å². The number of carbonyl (C=O) groups is 3. The Balaban J connectivity index is 1.57. The normalized spacial score (nSPS) is 27.2. The summed E-state index contributed by atoms with van der Waals surface area (Å²) in [6.07, 6.45) is 6.83. The van der Waals surface area contributed by atoms with Crippen LogP contribution in [0.25, 0.3) is 0 Å². The molecule has 3 fully saturated rings. The molecule has 9 heteroatoms. The summed E-state index contributed by atoms with van der Waals surface area (Å²) in [5.74, 6) is -1.61. The van der Waals surface area contributed by atoms with Crippen LogP contribution in [0.1, 0.15) is 39.0 Å². The molecule has 228 valence electrons. The van der Waals surface area contributed by atoms with E-state index in [2.05, 4.69) is 20.1 Å². The number of anilines is 2. The summed E-state index contributed by atoms with van der Waals surface area (Å²) in [5.41, 5.74) is 1.44. The van der Waals surface area contributed by atoms with Gasteiger partial charge in [0.15, 0.2) is 0 Å². The first-order chi connectivity index (χ1) is 20.7. The lowest BCUT2D eigenvalue weighted by Crippen LogP contribution is -2.55. The fraction of sp³-hybridized carbons (Fsp3) is 0.441. The number of nitrogens with zero attached hydrogens (tertiary/aromatic N) is 3. The number of unbranched alkanes of at least 4 members (excludes halogenated alkanes) is 2. The quantitative estimate of drug-likeness (QED) is 0.229. The first-order valence-corrected chi connectivity index (χ1v) is 16.2. The molecule has 3 aliphatic rings. The molecule has 0 aliphatic carbocycles. The predicted octanol–water partition coefficient (Wildman–Crippen LogP) is 5.72. The molecule has 2 aromatic rings. The summed E-state index contributed by atoms with van der Waals surface area (Å²) >= 11 is 7.83. The van der Waals surface area contributed by atoms with E-state index in [-0.39, 0.29) is 30.9 Å². The molecule has 3 aliphatic heterocycles. The van der Waals surface area contributed by atoms with E-state index in [0.29, 0.717) is 43.1 Å². The van der Waals surface area contributed by atoms with Crippen LogP contribution < -0.4 is 9.80 Å². The molecular formula is C34H40ClN3O4S. The molecular weight excluding hydrogens is 582 g/mol. The second-order valence-electron chi connectivity index (χ2n) is 11.8. The summed E-state index contributed by atoms with van der Waals surface area (Å²) < 4.78 is -1.22. The van der Waals surface area contributed by atoms with Crippen LogP contribution in [-0.2, 0) is 14.4 Å². The number of likely N-dealkylation sites (tertiary alicyclic amines) is 1. The summed E-state index contributed by atoms with van der Waals surface area (Å²) in [6.45, 7) is 10.9. The van der Waals surface area contributed by atoms with E-state index >= 15 is 0 Å². The van der Waals surface area contributed by atoms with Crippen molar-refractivity contribution in [3.05, 3.63) is 84.9 Å². The van der Waals surface area contributed by atoms with E-state index in [9.17, 15) is 19.5 Å². The van der Waals surface area contributed by atoms with Crippen LogP contribution in [0.2, 0.25) is 5.02 Å². The monoisotopic (exact) mass is 621 g/mol. The molecule has 0 aromatic heterocycles. The van der Waals surface area contributed by atoms with Crippen LogP contribution in [0.5, 0.6) is 0 Å². The summed E-state index contributed by atoms with van der Waals surface area (Å²) in [5, 5.41) is 9.91. The number of fused-ring (bicyclic) bond motifs is 1. The number of benzene rings is 2. The van der Waals surface area contributed by atoms with Crippen molar-refractivity contribution in [1.29, 1.82) is 0 Å². The lowest BCUT2D eigenvalue weighted by molar-refractivity contribution is -0.139. The number of carbonyl (C=O) groups excluding carboxylic acids is 3. The third kappa shape index (κ3) is 5.54. The van der Waals surface area contributed by atoms with Gasteiger partial charge in [-0.3, -0.25) is 14.4 Å². The number of hydrogen-bond donors (Lipinski definition) is 1. The molecule has 0 radical (unpaired) electrons. The number of halogens is 1. The molecule has 43 heavy (non-hydrogen) atoms. The number of amides is 3. The van der Waals surface area contributed by atoms with E-state index in [4.69, 9.17) is 11.6 Å². The van der Waals surface area contributed by atoms with Gasteiger partial charge >= 0.3 is 0 Å². The first kappa shape index (κ1) is 31.4. The minimum Gasteiger partial charge on any atom is -0.396 e. The fourth-order valence-electron chi connectivity index (χ4n) is 7.34. The average molecular weight is 622 g/mol. The Morgan fingerprint density at radius 1 is 0.977 bits per heavy atom. The maximum Gasteiger partial charge on any atom is 0.251 e. The van der Waals surface area contributed by atoms with Gasteiger partial charge in [0.25, 0.3) is 5.91 Å². The van der Waals surface area contributed by atoms with E-state index in [1.807, 2.05) is 30.3 Å².